The SMILES string of the molecule is CCCOc1ccccc1C(CO)C(=O)N1Cc2cn(S(=O)(=O)c3cnn(CC(F)F)c3)nc2C1.CCCOc1ccccc1[C@@H](CO)C(=O)N1Cc2cn(S(=O)(=O)c3cnn(CC(F)F)c3)nc2C1.CCCOc1ccccc1[C@H](CO)C(=O)N1Cc2cn(S(=O)(=O)c3cnn(CC(F)F)c3)nc2C1. The van der Waals surface area contributed by atoms with Crippen LogP contribution in [0.4, 0.5) is 26.3 Å². The van der Waals surface area contributed by atoms with Gasteiger partial charge in [-0.25, -0.2) is 26.3 Å². The van der Waals surface area contributed by atoms with Gasteiger partial charge in [0.25, 0.3) is 49.3 Å². The molecule has 0 saturated heterocycles. The van der Waals surface area contributed by atoms with Crippen LogP contribution in [-0.2, 0) is 103 Å². The molecule has 30 nitrogen and oxygen atoms in total. The standard InChI is InChI=1S/3C22H25F2N5O5S/c3*1-2-7-34-20-6-4-3-5-17(20)18(14-30)22(31)27-9-15-10-29(26-19(15)12-27)35(32,33)16-8-25-28(11-16)13-21(23)24/h3*3-6,8,10-11,18,21,30H,2,7,9,12-14H2,1H3/t2*18-;/m10./s1. The minimum absolute atomic E-state index is 0.0653. The lowest BCUT2D eigenvalue weighted by molar-refractivity contribution is -0.135. The second-order valence-electron chi connectivity index (χ2n) is 24.3. The number of alkyl halides is 6. The van der Waals surface area contributed by atoms with Crippen LogP contribution in [0.5, 0.6) is 17.2 Å². The highest BCUT2D eigenvalue weighted by Gasteiger charge is 2.39. The fraction of sp³-hybridized carbons (Fsp3) is 0.409. The summed E-state index contributed by atoms with van der Waals surface area (Å²) in [4.78, 5) is 43.4. The van der Waals surface area contributed by atoms with Gasteiger partial charge in [0.1, 0.15) is 51.6 Å². The zero-order chi connectivity index (χ0) is 75.5. The van der Waals surface area contributed by atoms with E-state index in [1.54, 1.807) is 72.8 Å². The number of amides is 3. The number of ether oxygens (including phenoxy) is 3. The highest BCUT2D eigenvalue weighted by atomic mass is 32.2. The molecule has 3 aliphatic rings. The van der Waals surface area contributed by atoms with Crippen molar-refractivity contribution < 1.29 is 95.5 Å². The molecule has 3 aliphatic heterocycles. The summed E-state index contributed by atoms with van der Waals surface area (Å²) in [6.07, 6.45) is 4.30. The van der Waals surface area contributed by atoms with Gasteiger partial charge in [0.15, 0.2) is 0 Å². The average Bonchev–Trinajstić information content (AvgIpc) is 1.63. The number of hydrogen-bond acceptors (Lipinski definition) is 21. The lowest BCUT2D eigenvalue weighted by atomic mass is 9.97. The van der Waals surface area contributed by atoms with Crippen molar-refractivity contribution in [2.75, 3.05) is 39.6 Å². The van der Waals surface area contributed by atoms with Crippen LogP contribution < -0.4 is 14.2 Å². The number of aliphatic hydroxyl groups excluding tert-OH is 3. The van der Waals surface area contributed by atoms with Gasteiger partial charge in [0.2, 0.25) is 17.7 Å². The molecule has 3 amide bonds. The van der Waals surface area contributed by atoms with Crippen molar-refractivity contribution in [1.82, 2.24) is 71.6 Å². The van der Waals surface area contributed by atoms with E-state index in [1.165, 1.54) is 33.3 Å². The zero-order valence-electron chi connectivity index (χ0n) is 56.8. The molecule has 12 rings (SSSR count). The third-order valence-corrected chi connectivity index (χ3v) is 21.2. The van der Waals surface area contributed by atoms with Crippen LogP contribution >= 0.6 is 0 Å². The molecule has 1 unspecified atom stereocenters. The van der Waals surface area contributed by atoms with Crippen molar-refractivity contribution in [2.45, 2.75) is 151 Å². The molecule has 0 saturated carbocycles. The smallest absolute Gasteiger partial charge is 0.286 e. The molecular formula is C66H75F6N15O15S3. The first-order chi connectivity index (χ1) is 50.2. The maximum Gasteiger partial charge on any atom is 0.286 e. The molecule has 0 bridgehead atoms. The summed E-state index contributed by atoms with van der Waals surface area (Å²) in [5.41, 5.74) is 4.53. The van der Waals surface area contributed by atoms with Crippen molar-refractivity contribution in [3.8, 4) is 17.2 Å². The number of carbonyl (C=O) groups excluding carboxylic acids is 3. The van der Waals surface area contributed by atoms with Gasteiger partial charge in [-0.05, 0) is 37.5 Å². The first-order valence-corrected chi connectivity index (χ1v) is 37.3. The summed E-state index contributed by atoms with van der Waals surface area (Å²) in [7, 11) is -12.4. The Balaban J connectivity index is 0.000000169. The van der Waals surface area contributed by atoms with E-state index in [9.17, 15) is 81.3 Å². The fourth-order valence-electron chi connectivity index (χ4n) is 11.6. The molecule has 564 valence electrons. The Morgan fingerprint density at radius 2 is 0.667 bits per heavy atom. The third-order valence-electron chi connectivity index (χ3n) is 16.8. The van der Waals surface area contributed by atoms with Gasteiger partial charge in [0.05, 0.1) is 113 Å². The summed E-state index contributed by atoms with van der Waals surface area (Å²) in [5, 5.41) is 53.4. The van der Waals surface area contributed by atoms with Crippen LogP contribution in [0.25, 0.3) is 0 Å². The Morgan fingerprint density at radius 1 is 0.410 bits per heavy atom. The summed E-state index contributed by atoms with van der Waals surface area (Å²) in [6.45, 7) is 4.43. The van der Waals surface area contributed by atoms with Gasteiger partial charge in [-0.15, -0.1) is 0 Å². The second kappa shape index (κ2) is 33.9. The Kier molecular flexibility index (Phi) is 25.0. The van der Waals surface area contributed by atoms with Crippen LogP contribution in [0.1, 0.15) is 108 Å². The normalized spacial score (nSPS) is 14.4. The topological polar surface area (TPSA) is 359 Å². The number of hydrogen-bond donors (Lipinski definition) is 3. The maximum absolute atomic E-state index is 13.2. The maximum atomic E-state index is 13.2. The summed E-state index contributed by atoms with van der Waals surface area (Å²) in [6, 6.07) is 21.1. The fourth-order valence-corrected chi connectivity index (χ4v) is 15.0. The van der Waals surface area contributed by atoms with Gasteiger partial charge in [-0.2, -0.15) is 68.1 Å². The lowest BCUT2D eigenvalue weighted by Crippen LogP contribution is -2.33. The average molecular weight is 1530 g/mol. The minimum Gasteiger partial charge on any atom is -0.493 e. The van der Waals surface area contributed by atoms with Crippen LogP contribution in [0.15, 0.2) is 143 Å². The van der Waals surface area contributed by atoms with E-state index in [-0.39, 0.29) is 71.7 Å². The number of nitrogens with zero attached hydrogens (tertiary/aromatic N) is 15. The Labute approximate surface area is 598 Å². The van der Waals surface area contributed by atoms with Gasteiger partial charge >= 0.3 is 0 Å². The highest BCUT2D eigenvalue weighted by molar-refractivity contribution is 7.90. The van der Waals surface area contributed by atoms with Crippen LogP contribution in [0, 0.1) is 0 Å². The molecule has 9 heterocycles. The highest BCUT2D eigenvalue weighted by Crippen LogP contribution is 2.36. The number of halogens is 6. The van der Waals surface area contributed by atoms with Gasteiger partial charge in [-0.3, -0.25) is 28.4 Å². The molecule has 3 atom stereocenters. The molecular weight excluding hydrogens is 1450 g/mol. The summed E-state index contributed by atoms with van der Waals surface area (Å²) >= 11 is 0. The van der Waals surface area contributed by atoms with Crippen molar-refractivity contribution in [3.63, 3.8) is 0 Å². The Bertz CT molecular complexity index is 4330. The second-order valence-corrected chi connectivity index (χ2v) is 29.6. The molecule has 6 aromatic heterocycles. The van der Waals surface area contributed by atoms with Crippen molar-refractivity contribution in [1.29, 1.82) is 0 Å². The minimum atomic E-state index is -4.13. The zero-order valence-corrected chi connectivity index (χ0v) is 59.2. The molecule has 9 aromatic rings. The summed E-state index contributed by atoms with van der Waals surface area (Å²) in [5.74, 6) is -1.94. The number of aromatic nitrogens is 12. The first-order valence-electron chi connectivity index (χ1n) is 33.0. The molecule has 39 heteroatoms. The predicted molar refractivity (Wildman–Crippen MR) is 358 cm³/mol. The number of carbonyl (C=O) groups is 3. The van der Waals surface area contributed by atoms with E-state index in [2.05, 4.69) is 30.6 Å². The van der Waals surface area contributed by atoms with E-state index in [4.69, 9.17) is 14.2 Å². The van der Waals surface area contributed by atoms with E-state index in [0.717, 1.165) is 82.8 Å². The van der Waals surface area contributed by atoms with Crippen LogP contribution in [-0.4, -0.2) is 189 Å². The third kappa shape index (κ3) is 17.7. The van der Waals surface area contributed by atoms with Crippen molar-refractivity contribution in [2.24, 2.45) is 0 Å². The van der Waals surface area contributed by atoms with E-state index in [1.807, 2.05) is 20.8 Å². The molecule has 105 heavy (non-hydrogen) atoms. The number of benzene rings is 3. The predicted octanol–water partition coefficient (Wildman–Crippen LogP) is 5.97. The largest absolute Gasteiger partial charge is 0.493 e. The molecule has 0 aliphatic carbocycles. The van der Waals surface area contributed by atoms with Gasteiger partial charge in [0, 0.05) is 90.2 Å². The molecule has 0 radical (unpaired) electrons. The molecule has 0 fully saturated rings. The van der Waals surface area contributed by atoms with Crippen molar-refractivity contribution in [3.05, 3.63) is 179 Å². The molecule has 3 aromatic carbocycles. The number of aliphatic hydroxyl groups is 3. The van der Waals surface area contributed by atoms with E-state index < -0.39 is 107 Å². The van der Waals surface area contributed by atoms with E-state index >= 15 is 0 Å². The number of para-hydroxylation sites is 3. The van der Waals surface area contributed by atoms with Crippen LogP contribution in [0.3, 0.4) is 0 Å². The Hall–Kier alpha value is -9.96. The van der Waals surface area contributed by atoms with E-state index in [0.29, 0.717) is 87.5 Å². The number of rotatable bonds is 30. The Morgan fingerprint density at radius 3 is 0.895 bits per heavy atom. The van der Waals surface area contributed by atoms with Gasteiger partial charge in [-0.1, -0.05) is 75.4 Å². The molecule has 0 spiro atoms. The van der Waals surface area contributed by atoms with Crippen LogP contribution in [0.2, 0.25) is 0 Å². The van der Waals surface area contributed by atoms with Crippen molar-refractivity contribution >= 4 is 47.8 Å². The monoisotopic (exact) mass is 1530 g/mol. The quantitative estimate of drug-likeness (QED) is 0.0437. The number of fused-ring (bicyclic) bond motifs is 3. The molecule has 3 N–H and O–H groups in total. The lowest BCUT2D eigenvalue weighted by Gasteiger charge is -2.23. The first kappa shape index (κ1) is 77.6. The van der Waals surface area contributed by atoms with Gasteiger partial charge < -0.3 is 44.2 Å². The summed E-state index contributed by atoms with van der Waals surface area (Å²) < 4.78 is 174.